The molecule has 0 spiro atoms. The Morgan fingerprint density at radius 1 is 1.05 bits per heavy atom. The fourth-order valence-corrected chi connectivity index (χ4v) is 5.63. The molecule has 42 heavy (non-hydrogen) atoms. The highest BCUT2D eigenvalue weighted by Gasteiger charge is 2.49. The fraction of sp³-hybridized carbons (Fsp3) is 0.375. The molecule has 224 valence electrons. The van der Waals surface area contributed by atoms with Crippen LogP contribution in [0, 0.1) is 5.41 Å². The molecule has 1 aliphatic heterocycles. The maximum Gasteiger partial charge on any atom is 0.243 e. The van der Waals surface area contributed by atoms with E-state index in [1.807, 2.05) is 63.2 Å². The number of nitrogens with two attached hydrogens (primary N) is 1. The van der Waals surface area contributed by atoms with Crippen molar-refractivity contribution in [2.45, 2.75) is 58.4 Å². The van der Waals surface area contributed by atoms with Crippen LogP contribution in [-0.2, 0) is 25.6 Å². The number of hydrogen-bond donors (Lipinski definition) is 3. The largest absolute Gasteiger partial charge is 0.384 e. The lowest BCUT2D eigenvalue weighted by atomic mass is 10.0. The molecule has 0 radical (unpaired) electrons. The summed E-state index contributed by atoms with van der Waals surface area (Å²) in [6.45, 7) is 6.50. The third kappa shape index (κ3) is 8.12. The van der Waals surface area contributed by atoms with Gasteiger partial charge in [-0.05, 0) is 24.1 Å². The van der Waals surface area contributed by atoms with Crippen LogP contribution < -0.4 is 11.1 Å². The summed E-state index contributed by atoms with van der Waals surface area (Å²) in [5.41, 5.74) is 8.73. The molecule has 2 atom stereocenters. The zero-order valence-corrected chi connectivity index (χ0v) is 25.5. The Hall–Kier alpha value is -3.86. The van der Waals surface area contributed by atoms with Crippen molar-refractivity contribution in [2.75, 3.05) is 20.3 Å². The van der Waals surface area contributed by atoms with Crippen LogP contribution >= 0.6 is 11.3 Å². The Labute approximate surface area is 251 Å². The van der Waals surface area contributed by atoms with Gasteiger partial charge in [-0.3, -0.25) is 19.8 Å². The molecule has 2 unspecified atom stereocenters. The van der Waals surface area contributed by atoms with Gasteiger partial charge < -0.3 is 25.4 Å². The molecule has 10 heteroatoms. The molecule has 0 bridgehead atoms. The lowest BCUT2D eigenvalue weighted by Gasteiger charge is -2.27. The van der Waals surface area contributed by atoms with E-state index in [9.17, 15) is 14.4 Å². The van der Waals surface area contributed by atoms with E-state index in [1.165, 1.54) is 23.3 Å². The second-order valence-corrected chi connectivity index (χ2v) is 10.6. The first-order valence-corrected chi connectivity index (χ1v) is 15.0. The molecule has 2 amide bonds. The quantitative estimate of drug-likeness (QED) is 0.117. The van der Waals surface area contributed by atoms with E-state index in [0.717, 1.165) is 16.0 Å². The fourth-order valence-electron chi connectivity index (χ4n) is 4.80. The smallest absolute Gasteiger partial charge is 0.243 e. The van der Waals surface area contributed by atoms with Crippen LogP contribution in [0.4, 0.5) is 0 Å². The van der Waals surface area contributed by atoms with Crippen molar-refractivity contribution in [3.8, 4) is 11.1 Å². The Kier molecular flexibility index (Phi) is 12.0. The number of nitrogens with zero attached hydrogens (tertiary/aromatic N) is 1. The van der Waals surface area contributed by atoms with E-state index in [0.29, 0.717) is 17.7 Å². The topological polar surface area (TPSA) is 135 Å². The highest BCUT2D eigenvalue weighted by atomic mass is 32.1. The summed E-state index contributed by atoms with van der Waals surface area (Å²) in [6, 6.07) is 18.2. The predicted molar refractivity (Wildman–Crippen MR) is 165 cm³/mol. The Morgan fingerprint density at radius 3 is 2.31 bits per heavy atom. The number of nitrogen functional groups attached to an aromatic ring is 1. The van der Waals surface area contributed by atoms with Gasteiger partial charge in [-0.1, -0.05) is 68.4 Å². The van der Waals surface area contributed by atoms with Gasteiger partial charge in [-0.25, -0.2) is 0 Å². The number of amides is 2. The van der Waals surface area contributed by atoms with Crippen LogP contribution in [0.3, 0.4) is 0 Å². The number of methoxy groups -OCH3 is 1. The van der Waals surface area contributed by atoms with Crippen LogP contribution in [0.25, 0.3) is 11.1 Å². The molecule has 4 N–H and O–H groups in total. The number of Topliss-reactive ketones (excluding diaryl/α,β-unsaturated/α-hetero) is 1. The zero-order valence-electron chi connectivity index (χ0n) is 24.6. The number of ketones is 1. The standard InChI is InChI=1S/C30H34N4O5S.C2H6/c1-3-39-30(38-2)16-25(29(37)33-17-24-15-23(18-40-24)28(31)32)34(19-30)27(36)14-13-26(35)22-11-9-21(10-12-22)20-7-5-4-6-8-20;1-2/h4-12,15,18,25H,3,13-14,16-17,19H2,1-2H3,(H3,31,32)(H,33,37);1-2H3. The summed E-state index contributed by atoms with van der Waals surface area (Å²) >= 11 is 1.39. The molecule has 1 aromatic heterocycles. The molecule has 1 fully saturated rings. The number of ether oxygens (including phenoxy) is 2. The van der Waals surface area contributed by atoms with E-state index in [2.05, 4.69) is 5.32 Å². The normalized spacial score (nSPS) is 17.7. The number of thiophene rings is 1. The third-order valence-electron chi connectivity index (χ3n) is 6.98. The van der Waals surface area contributed by atoms with Crippen molar-refractivity contribution in [1.29, 1.82) is 5.41 Å². The number of hydrogen-bond acceptors (Lipinski definition) is 7. The average Bonchev–Trinajstić information content (AvgIpc) is 3.66. The van der Waals surface area contributed by atoms with Gasteiger partial charge in [0.05, 0.1) is 13.1 Å². The van der Waals surface area contributed by atoms with Crippen LogP contribution in [0.15, 0.2) is 66.0 Å². The van der Waals surface area contributed by atoms with Gasteiger partial charge in [-0.15, -0.1) is 11.3 Å². The summed E-state index contributed by atoms with van der Waals surface area (Å²) in [5.74, 6) is -1.94. The predicted octanol–water partition coefficient (Wildman–Crippen LogP) is 4.98. The Balaban J connectivity index is 0.00000237. The number of carbonyl (C=O) groups excluding carboxylic acids is 3. The van der Waals surface area contributed by atoms with E-state index in [4.69, 9.17) is 20.6 Å². The third-order valence-corrected chi connectivity index (χ3v) is 7.91. The summed E-state index contributed by atoms with van der Waals surface area (Å²) < 4.78 is 11.5. The average molecular weight is 593 g/mol. The number of benzene rings is 2. The van der Waals surface area contributed by atoms with E-state index in [1.54, 1.807) is 23.6 Å². The Morgan fingerprint density at radius 2 is 1.71 bits per heavy atom. The second kappa shape index (κ2) is 15.4. The van der Waals surface area contributed by atoms with E-state index >= 15 is 0 Å². The molecule has 0 saturated carbocycles. The summed E-state index contributed by atoms with van der Waals surface area (Å²) in [6.07, 6.45) is 0.154. The molecule has 1 saturated heterocycles. The lowest BCUT2D eigenvalue weighted by molar-refractivity contribution is -0.210. The number of carbonyl (C=O) groups is 3. The maximum atomic E-state index is 13.3. The number of amidine groups is 1. The number of nitrogens with one attached hydrogen (secondary N) is 2. The minimum Gasteiger partial charge on any atom is -0.384 e. The highest BCUT2D eigenvalue weighted by molar-refractivity contribution is 7.10. The maximum absolute atomic E-state index is 13.3. The lowest BCUT2D eigenvalue weighted by Crippen LogP contribution is -2.46. The van der Waals surface area contributed by atoms with Gasteiger partial charge in [0.15, 0.2) is 11.6 Å². The first kappa shape index (κ1) is 32.7. The first-order valence-electron chi connectivity index (χ1n) is 14.1. The van der Waals surface area contributed by atoms with Crippen LogP contribution in [0.1, 0.15) is 60.8 Å². The van der Waals surface area contributed by atoms with E-state index in [-0.39, 0.29) is 55.8 Å². The summed E-state index contributed by atoms with van der Waals surface area (Å²) in [5, 5.41) is 12.2. The Bertz CT molecular complexity index is 1360. The van der Waals surface area contributed by atoms with Gasteiger partial charge in [0.25, 0.3) is 0 Å². The van der Waals surface area contributed by atoms with Gasteiger partial charge in [0.2, 0.25) is 11.8 Å². The van der Waals surface area contributed by atoms with Gasteiger partial charge in [-0.2, -0.15) is 0 Å². The molecular weight excluding hydrogens is 552 g/mol. The summed E-state index contributed by atoms with van der Waals surface area (Å²) in [7, 11) is 1.50. The van der Waals surface area contributed by atoms with Crippen molar-refractivity contribution in [3.05, 3.63) is 82.0 Å². The highest BCUT2D eigenvalue weighted by Crippen LogP contribution is 2.32. The first-order chi connectivity index (χ1) is 20.2. The van der Waals surface area contributed by atoms with Crippen LogP contribution in [-0.4, -0.2) is 60.4 Å². The molecule has 1 aliphatic rings. The van der Waals surface area contributed by atoms with Gasteiger partial charge in [0, 0.05) is 54.4 Å². The van der Waals surface area contributed by atoms with Crippen LogP contribution in [0.2, 0.25) is 0 Å². The van der Waals surface area contributed by atoms with Crippen LogP contribution in [0.5, 0.6) is 0 Å². The molecule has 9 nitrogen and oxygen atoms in total. The number of rotatable bonds is 12. The minimum atomic E-state index is -1.10. The molecule has 4 rings (SSSR count). The minimum absolute atomic E-state index is 0.0198. The molecule has 2 aromatic carbocycles. The molecule has 2 heterocycles. The molecular formula is C32H40N4O5S. The number of likely N-dealkylation sites (tertiary alicyclic amines) is 1. The SMILES string of the molecule is CC.CCOC1(OC)CC(C(=O)NCc2cc(C(=N)N)cs2)N(C(=O)CCC(=O)c2ccc(-c3ccccc3)cc2)C1. The van der Waals surface area contributed by atoms with Crippen molar-refractivity contribution < 1.29 is 23.9 Å². The zero-order chi connectivity index (χ0) is 30.7. The van der Waals surface area contributed by atoms with Gasteiger partial charge in [0.1, 0.15) is 11.9 Å². The molecule has 0 aliphatic carbocycles. The van der Waals surface area contributed by atoms with Gasteiger partial charge >= 0.3 is 0 Å². The van der Waals surface area contributed by atoms with Crippen molar-refractivity contribution in [2.24, 2.45) is 5.73 Å². The molecule has 3 aromatic rings. The van der Waals surface area contributed by atoms with Crippen molar-refractivity contribution in [3.63, 3.8) is 0 Å². The summed E-state index contributed by atoms with van der Waals surface area (Å²) in [4.78, 5) is 41.8. The van der Waals surface area contributed by atoms with Crippen molar-refractivity contribution in [1.82, 2.24) is 10.2 Å². The van der Waals surface area contributed by atoms with E-state index < -0.39 is 11.8 Å². The monoisotopic (exact) mass is 592 g/mol. The van der Waals surface area contributed by atoms with Crippen molar-refractivity contribution >= 4 is 34.8 Å². The second-order valence-electron chi connectivity index (χ2n) is 9.59.